The zero-order valence-electron chi connectivity index (χ0n) is 11.1. The van der Waals surface area contributed by atoms with E-state index in [1.54, 1.807) is 24.3 Å². The highest BCUT2D eigenvalue weighted by Gasteiger charge is 2.09. The van der Waals surface area contributed by atoms with Crippen LogP contribution >= 0.6 is 35.0 Å². The summed E-state index contributed by atoms with van der Waals surface area (Å²) in [6.07, 6.45) is 0. The van der Waals surface area contributed by atoms with E-state index >= 15 is 0 Å². The van der Waals surface area contributed by atoms with Crippen molar-refractivity contribution in [2.24, 2.45) is 0 Å². The van der Waals surface area contributed by atoms with Gasteiger partial charge in [0.05, 0.1) is 16.5 Å². The molecule has 1 amide bonds. The molecule has 0 unspecified atom stereocenters. The third-order valence-corrected chi connectivity index (χ3v) is 3.80. The molecule has 0 fully saturated rings. The molecular formula is C13H12Cl2N4OS. The molecule has 3 N–H and O–H groups in total. The average Bonchev–Trinajstić information content (AvgIpc) is 2.40. The lowest BCUT2D eigenvalue weighted by Crippen LogP contribution is -2.14. The van der Waals surface area contributed by atoms with Crippen LogP contribution in [-0.2, 0) is 4.79 Å². The van der Waals surface area contributed by atoms with E-state index in [1.807, 2.05) is 6.92 Å². The van der Waals surface area contributed by atoms with Gasteiger partial charge in [-0.3, -0.25) is 4.79 Å². The quantitative estimate of drug-likeness (QED) is 0.657. The number of rotatable bonds is 4. The fourth-order valence-corrected chi connectivity index (χ4v) is 2.59. The predicted molar refractivity (Wildman–Crippen MR) is 87.0 cm³/mol. The molecule has 2 rings (SSSR count). The molecule has 1 aromatic carbocycles. The van der Waals surface area contributed by atoms with Gasteiger partial charge in [0.2, 0.25) is 5.91 Å². The second-order valence-electron chi connectivity index (χ2n) is 4.18. The second-order valence-corrected chi connectivity index (χ2v) is 5.96. The maximum atomic E-state index is 11.9. The SMILES string of the molecule is Cc1cc(N)nc(SCC(=O)Nc2cc(Cl)ccc2Cl)n1. The van der Waals surface area contributed by atoms with Crippen LogP contribution in [0.15, 0.2) is 29.4 Å². The Hall–Kier alpha value is -1.50. The highest BCUT2D eigenvalue weighted by atomic mass is 35.5. The Morgan fingerprint density at radius 1 is 1.33 bits per heavy atom. The molecule has 110 valence electrons. The molecule has 0 aliphatic rings. The van der Waals surface area contributed by atoms with E-state index in [0.717, 1.165) is 5.69 Å². The number of aryl methyl sites for hydroxylation is 1. The second kappa shape index (κ2) is 6.98. The van der Waals surface area contributed by atoms with Crippen molar-refractivity contribution in [1.82, 2.24) is 9.97 Å². The zero-order chi connectivity index (χ0) is 15.4. The Bertz CT molecular complexity index is 661. The number of halogens is 2. The van der Waals surface area contributed by atoms with Crippen molar-refractivity contribution in [2.45, 2.75) is 12.1 Å². The lowest BCUT2D eigenvalue weighted by molar-refractivity contribution is -0.113. The van der Waals surface area contributed by atoms with Gasteiger partial charge in [0.25, 0.3) is 0 Å². The Morgan fingerprint density at radius 2 is 2.10 bits per heavy atom. The largest absolute Gasteiger partial charge is 0.384 e. The summed E-state index contributed by atoms with van der Waals surface area (Å²) in [5.74, 6) is 0.294. The molecule has 2 aromatic rings. The molecule has 0 aliphatic carbocycles. The van der Waals surface area contributed by atoms with Gasteiger partial charge in [0.15, 0.2) is 5.16 Å². The summed E-state index contributed by atoms with van der Waals surface area (Å²) in [7, 11) is 0. The molecule has 0 saturated heterocycles. The van der Waals surface area contributed by atoms with Crippen molar-refractivity contribution in [3.63, 3.8) is 0 Å². The zero-order valence-corrected chi connectivity index (χ0v) is 13.4. The number of nitrogens with one attached hydrogen (secondary N) is 1. The van der Waals surface area contributed by atoms with E-state index in [0.29, 0.717) is 26.7 Å². The summed E-state index contributed by atoms with van der Waals surface area (Å²) in [6.45, 7) is 1.81. The van der Waals surface area contributed by atoms with Crippen LogP contribution in [0.4, 0.5) is 11.5 Å². The van der Waals surface area contributed by atoms with Gasteiger partial charge in [-0.25, -0.2) is 9.97 Å². The Balaban J connectivity index is 1.97. The van der Waals surface area contributed by atoms with Crippen molar-refractivity contribution in [3.05, 3.63) is 40.0 Å². The molecule has 8 heteroatoms. The number of thioether (sulfide) groups is 1. The molecule has 1 aromatic heterocycles. The van der Waals surface area contributed by atoms with Crippen molar-refractivity contribution >= 4 is 52.4 Å². The topological polar surface area (TPSA) is 80.9 Å². The molecular weight excluding hydrogens is 331 g/mol. The molecule has 0 atom stereocenters. The van der Waals surface area contributed by atoms with Crippen molar-refractivity contribution in [1.29, 1.82) is 0 Å². The van der Waals surface area contributed by atoms with E-state index < -0.39 is 0 Å². The number of carbonyl (C=O) groups excluding carboxylic acids is 1. The first-order chi connectivity index (χ1) is 9.94. The third kappa shape index (κ3) is 4.77. The van der Waals surface area contributed by atoms with Gasteiger partial charge in [-0.15, -0.1) is 0 Å². The van der Waals surface area contributed by atoms with E-state index in [1.165, 1.54) is 11.8 Å². The van der Waals surface area contributed by atoms with Crippen LogP contribution in [-0.4, -0.2) is 21.6 Å². The maximum Gasteiger partial charge on any atom is 0.234 e. The Labute approximate surface area is 136 Å². The smallest absolute Gasteiger partial charge is 0.234 e. The van der Waals surface area contributed by atoms with Crippen LogP contribution in [0.3, 0.4) is 0 Å². The number of carbonyl (C=O) groups is 1. The minimum absolute atomic E-state index is 0.145. The van der Waals surface area contributed by atoms with Gasteiger partial charge in [-0.05, 0) is 25.1 Å². The molecule has 0 bridgehead atoms. The molecule has 0 spiro atoms. The summed E-state index contributed by atoms with van der Waals surface area (Å²) in [6, 6.07) is 6.53. The molecule has 5 nitrogen and oxygen atoms in total. The first kappa shape index (κ1) is 15.9. The van der Waals surface area contributed by atoms with Crippen molar-refractivity contribution in [3.8, 4) is 0 Å². The molecule has 0 radical (unpaired) electrons. The first-order valence-corrected chi connectivity index (χ1v) is 7.67. The highest BCUT2D eigenvalue weighted by Crippen LogP contribution is 2.25. The Kier molecular flexibility index (Phi) is 5.27. The number of nitrogen functional groups attached to an aromatic ring is 1. The third-order valence-electron chi connectivity index (χ3n) is 2.39. The summed E-state index contributed by atoms with van der Waals surface area (Å²) < 4.78 is 0. The number of benzene rings is 1. The monoisotopic (exact) mass is 342 g/mol. The first-order valence-electron chi connectivity index (χ1n) is 5.93. The molecule has 21 heavy (non-hydrogen) atoms. The van der Waals surface area contributed by atoms with Crippen LogP contribution in [0.5, 0.6) is 0 Å². The number of aromatic nitrogens is 2. The summed E-state index contributed by atoms with van der Waals surface area (Å²) >= 11 is 13.0. The lowest BCUT2D eigenvalue weighted by Gasteiger charge is -2.07. The van der Waals surface area contributed by atoms with Crippen LogP contribution in [0, 0.1) is 6.92 Å². The summed E-state index contributed by atoms with van der Waals surface area (Å²) in [5.41, 5.74) is 6.85. The van der Waals surface area contributed by atoms with Gasteiger partial charge in [0, 0.05) is 16.8 Å². The van der Waals surface area contributed by atoms with Crippen LogP contribution in [0.2, 0.25) is 10.0 Å². The van der Waals surface area contributed by atoms with E-state index in [4.69, 9.17) is 28.9 Å². The molecule has 0 saturated carbocycles. The normalized spacial score (nSPS) is 10.4. The van der Waals surface area contributed by atoms with Crippen LogP contribution in [0.25, 0.3) is 0 Å². The van der Waals surface area contributed by atoms with Crippen molar-refractivity contribution in [2.75, 3.05) is 16.8 Å². The number of amides is 1. The minimum Gasteiger partial charge on any atom is -0.384 e. The standard InChI is InChI=1S/C13H12Cl2N4OS/c1-7-4-11(16)19-13(17-7)21-6-12(20)18-10-5-8(14)2-3-9(10)15/h2-5H,6H2,1H3,(H,18,20)(H2,16,17,19). The van der Waals surface area contributed by atoms with E-state index in [-0.39, 0.29) is 11.7 Å². The number of nitrogens with zero attached hydrogens (tertiary/aromatic N) is 2. The van der Waals surface area contributed by atoms with E-state index in [2.05, 4.69) is 15.3 Å². The fourth-order valence-electron chi connectivity index (χ4n) is 1.54. The number of nitrogens with two attached hydrogens (primary N) is 1. The van der Waals surface area contributed by atoms with Crippen LogP contribution < -0.4 is 11.1 Å². The fraction of sp³-hybridized carbons (Fsp3) is 0.154. The molecule has 1 heterocycles. The van der Waals surface area contributed by atoms with Crippen LogP contribution in [0.1, 0.15) is 5.69 Å². The predicted octanol–water partition coefficient (Wildman–Crippen LogP) is 3.40. The average molecular weight is 343 g/mol. The number of hydrogen-bond acceptors (Lipinski definition) is 5. The minimum atomic E-state index is -0.229. The number of hydrogen-bond donors (Lipinski definition) is 2. The molecule has 0 aliphatic heterocycles. The number of anilines is 2. The maximum absolute atomic E-state index is 11.9. The lowest BCUT2D eigenvalue weighted by atomic mass is 10.3. The van der Waals surface area contributed by atoms with Crippen molar-refractivity contribution < 1.29 is 4.79 Å². The van der Waals surface area contributed by atoms with E-state index in [9.17, 15) is 4.79 Å². The van der Waals surface area contributed by atoms with Gasteiger partial charge < -0.3 is 11.1 Å². The highest BCUT2D eigenvalue weighted by molar-refractivity contribution is 7.99. The van der Waals surface area contributed by atoms with Gasteiger partial charge >= 0.3 is 0 Å². The Morgan fingerprint density at radius 3 is 2.81 bits per heavy atom. The summed E-state index contributed by atoms with van der Waals surface area (Å²) in [5, 5.41) is 4.07. The van der Waals surface area contributed by atoms with Gasteiger partial charge in [-0.2, -0.15) is 0 Å². The van der Waals surface area contributed by atoms with Gasteiger partial charge in [-0.1, -0.05) is 35.0 Å². The summed E-state index contributed by atoms with van der Waals surface area (Å²) in [4.78, 5) is 20.1. The van der Waals surface area contributed by atoms with Gasteiger partial charge in [0.1, 0.15) is 5.82 Å².